The molecule has 0 aliphatic heterocycles. The van der Waals surface area contributed by atoms with Crippen LogP contribution < -0.4 is 10.5 Å². The van der Waals surface area contributed by atoms with Gasteiger partial charge in [-0.15, -0.1) is 0 Å². The zero-order valence-electron chi connectivity index (χ0n) is 10.2. The van der Waals surface area contributed by atoms with E-state index in [0.29, 0.717) is 5.02 Å². The number of hydrogen-bond acceptors (Lipinski definition) is 2. The molecule has 2 nitrogen and oxygen atoms in total. The lowest BCUT2D eigenvalue weighted by Crippen LogP contribution is -2.06. The fraction of sp³-hybridized carbons (Fsp3) is 0.143. The summed E-state index contributed by atoms with van der Waals surface area (Å²) < 4.78 is 42.8. The molecule has 0 aliphatic carbocycles. The van der Waals surface area contributed by atoms with E-state index in [4.69, 9.17) is 22.1 Å². The summed E-state index contributed by atoms with van der Waals surface area (Å²) in [5.74, 6) is 0.206. The second-order valence-electron chi connectivity index (χ2n) is 4.17. The number of rotatable bonds is 3. The number of halogens is 4. The van der Waals surface area contributed by atoms with Crippen LogP contribution in [0.5, 0.6) is 5.75 Å². The van der Waals surface area contributed by atoms with Crippen LogP contribution in [0.4, 0.5) is 18.9 Å². The highest BCUT2D eigenvalue weighted by Gasteiger charge is 2.30. The Kier molecular flexibility index (Phi) is 4.09. The Morgan fingerprint density at radius 2 is 1.85 bits per heavy atom. The number of hydrogen-bond donors (Lipinski definition) is 1. The van der Waals surface area contributed by atoms with Gasteiger partial charge in [0.05, 0.1) is 11.3 Å². The predicted octanol–water partition coefficient (Wildman–Crippen LogP) is 4.52. The van der Waals surface area contributed by atoms with Crippen molar-refractivity contribution in [3.05, 3.63) is 58.6 Å². The number of nitrogens with two attached hydrogens (primary N) is 1. The molecule has 106 valence electrons. The van der Waals surface area contributed by atoms with Crippen molar-refractivity contribution >= 4 is 17.3 Å². The molecule has 20 heavy (non-hydrogen) atoms. The van der Waals surface area contributed by atoms with Crippen LogP contribution in [0.25, 0.3) is 0 Å². The topological polar surface area (TPSA) is 35.2 Å². The number of anilines is 1. The highest BCUT2D eigenvalue weighted by atomic mass is 35.5. The van der Waals surface area contributed by atoms with Gasteiger partial charge in [-0.25, -0.2) is 0 Å². The lowest BCUT2D eigenvalue weighted by atomic mass is 10.2. The van der Waals surface area contributed by atoms with Gasteiger partial charge in [0.2, 0.25) is 0 Å². The Morgan fingerprint density at radius 3 is 2.45 bits per heavy atom. The summed E-state index contributed by atoms with van der Waals surface area (Å²) in [6, 6.07) is 9.99. The lowest BCUT2D eigenvalue weighted by molar-refractivity contribution is -0.137. The first-order valence-corrected chi connectivity index (χ1v) is 6.08. The van der Waals surface area contributed by atoms with Crippen molar-refractivity contribution in [2.24, 2.45) is 0 Å². The number of benzene rings is 2. The van der Waals surface area contributed by atoms with E-state index in [1.807, 2.05) is 0 Å². The third-order valence-electron chi connectivity index (χ3n) is 2.62. The van der Waals surface area contributed by atoms with Crippen LogP contribution >= 0.6 is 11.6 Å². The molecule has 0 atom stereocenters. The number of ether oxygens (including phenoxy) is 1. The largest absolute Gasteiger partial charge is 0.487 e. The van der Waals surface area contributed by atoms with Crippen LogP contribution in [0.3, 0.4) is 0 Å². The molecule has 2 rings (SSSR count). The average Bonchev–Trinajstić information content (AvgIpc) is 2.36. The van der Waals surface area contributed by atoms with Gasteiger partial charge in [0.1, 0.15) is 12.4 Å². The maximum atomic E-state index is 12.5. The van der Waals surface area contributed by atoms with Gasteiger partial charge in [-0.1, -0.05) is 23.7 Å². The molecule has 0 saturated carbocycles. The van der Waals surface area contributed by atoms with E-state index in [0.717, 1.165) is 17.7 Å². The highest BCUT2D eigenvalue weighted by Crippen LogP contribution is 2.33. The maximum absolute atomic E-state index is 12.5. The zero-order valence-corrected chi connectivity index (χ0v) is 11.0. The molecule has 0 saturated heterocycles. The normalized spacial score (nSPS) is 11.4. The zero-order chi connectivity index (χ0) is 14.8. The molecule has 0 unspecified atom stereocenters. The van der Waals surface area contributed by atoms with Crippen molar-refractivity contribution in [3.8, 4) is 5.75 Å². The van der Waals surface area contributed by atoms with Gasteiger partial charge < -0.3 is 10.5 Å². The highest BCUT2D eigenvalue weighted by molar-refractivity contribution is 6.30. The van der Waals surface area contributed by atoms with Gasteiger partial charge >= 0.3 is 6.18 Å². The summed E-state index contributed by atoms with van der Waals surface area (Å²) in [6.07, 6.45) is -4.42. The molecule has 2 aromatic carbocycles. The first-order chi connectivity index (χ1) is 9.36. The second kappa shape index (κ2) is 5.63. The third-order valence-corrected chi connectivity index (χ3v) is 2.86. The van der Waals surface area contributed by atoms with E-state index in [-0.39, 0.29) is 18.0 Å². The smallest absolute Gasteiger partial charge is 0.416 e. The van der Waals surface area contributed by atoms with Crippen molar-refractivity contribution in [1.82, 2.24) is 0 Å². The quantitative estimate of drug-likeness (QED) is 0.846. The van der Waals surface area contributed by atoms with Crippen molar-refractivity contribution in [2.75, 3.05) is 5.73 Å². The van der Waals surface area contributed by atoms with Crippen LogP contribution in [0.1, 0.15) is 11.1 Å². The molecule has 0 spiro atoms. The molecule has 2 N–H and O–H groups in total. The molecule has 6 heteroatoms. The minimum absolute atomic E-state index is 0.0538. The fourth-order valence-electron chi connectivity index (χ4n) is 1.64. The van der Waals surface area contributed by atoms with Crippen LogP contribution in [-0.4, -0.2) is 0 Å². The van der Waals surface area contributed by atoms with Crippen molar-refractivity contribution in [2.45, 2.75) is 12.8 Å². The molecular weight excluding hydrogens is 291 g/mol. The molecule has 2 aromatic rings. The summed E-state index contributed by atoms with van der Waals surface area (Å²) in [6.45, 7) is 0.177. The Morgan fingerprint density at radius 1 is 1.10 bits per heavy atom. The van der Waals surface area contributed by atoms with E-state index in [2.05, 4.69) is 0 Å². The minimum atomic E-state index is -4.42. The molecule has 0 fully saturated rings. The van der Waals surface area contributed by atoms with Gasteiger partial charge in [0, 0.05) is 5.02 Å². The minimum Gasteiger partial charge on any atom is -0.487 e. The first kappa shape index (κ1) is 14.5. The Balaban J connectivity index is 2.11. The van der Waals surface area contributed by atoms with Gasteiger partial charge in [-0.2, -0.15) is 13.2 Å². The van der Waals surface area contributed by atoms with Gasteiger partial charge in [-0.3, -0.25) is 0 Å². The molecule has 0 heterocycles. The van der Waals surface area contributed by atoms with Gasteiger partial charge in [0.15, 0.2) is 0 Å². The maximum Gasteiger partial charge on any atom is 0.416 e. The Bertz CT molecular complexity index is 614. The van der Waals surface area contributed by atoms with E-state index >= 15 is 0 Å². The summed E-state index contributed by atoms with van der Waals surface area (Å²) in [4.78, 5) is 0. The summed E-state index contributed by atoms with van der Waals surface area (Å²) in [7, 11) is 0. The summed E-state index contributed by atoms with van der Waals surface area (Å²) in [5.41, 5.74) is 5.51. The fourth-order valence-corrected chi connectivity index (χ4v) is 1.86. The van der Waals surface area contributed by atoms with Crippen LogP contribution in [0.15, 0.2) is 42.5 Å². The Labute approximate surface area is 118 Å². The first-order valence-electron chi connectivity index (χ1n) is 5.70. The van der Waals surface area contributed by atoms with Crippen molar-refractivity contribution in [3.63, 3.8) is 0 Å². The van der Waals surface area contributed by atoms with Crippen LogP contribution in [-0.2, 0) is 12.8 Å². The summed E-state index contributed by atoms with van der Waals surface area (Å²) >= 11 is 5.82. The van der Waals surface area contributed by atoms with E-state index in [1.54, 1.807) is 24.3 Å². The number of nitrogen functional groups attached to an aromatic ring is 1. The monoisotopic (exact) mass is 301 g/mol. The molecule has 0 aromatic heterocycles. The molecule has 0 aliphatic rings. The van der Waals surface area contributed by atoms with Crippen molar-refractivity contribution in [1.29, 1.82) is 0 Å². The Hall–Kier alpha value is -1.88. The molecule has 0 radical (unpaired) electrons. The van der Waals surface area contributed by atoms with Crippen molar-refractivity contribution < 1.29 is 17.9 Å². The van der Waals surface area contributed by atoms with Crippen LogP contribution in [0.2, 0.25) is 5.02 Å². The summed E-state index contributed by atoms with van der Waals surface area (Å²) in [5, 5.41) is 0.562. The third kappa shape index (κ3) is 3.57. The van der Waals surface area contributed by atoms with E-state index in [9.17, 15) is 13.2 Å². The predicted molar refractivity (Wildman–Crippen MR) is 71.6 cm³/mol. The van der Waals surface area contributed by atoms with E-state index in [1.165, 1.54) is 6.07 Å². The standard InChI is InChI=1S/C14H11ClF3NO/c15-11-3-1-2-9(6-11)8-20-13-5-4-10(7-12(13)19)14(16,17)18/h1-7H,8,19H2. The second-order valence-corrected chi connectivity index (χ2v) is 4.61. The van der Waals surface area contributed by atoms with Gasteiger partial charge in [-0.05, 0) is 35.9 Å². The van der Waals surface area contributed by atoms with Crippen LogP contribution in [0, 0.1) is 0 Å². The SMILES string of the molecule is Nc1cc(C(F)(F)F)ccc1OCc1cccc(Cl)c1. The molecule has 0 amide bonds. The van der Waals surface area contributed by atoms with Gasteiger partial charge in [0.25, 0.3) is 0 Å². The van der Waals surface area contributed by atoms with E-state index < -0.39 is 11.7 Å². The molecular formula is C14H11ClF3NO. The lowest BCUT2D eigenvalue weighted by Gasteiger charge is -2.12. The average molecular weight is 302 g/mol. The molecule has 0 bridgehead atoms. The number of alkyl halides is 3.